The van der Waals surface area contributed by atoms with Gasteiger partial charge in [-0.05, 0) is 186 Å². The minimum Gasteiger partial charge on any atom is -0.135 e. The van der Waals surface area contributed by atoms with Gasteiger partial charge in [0.1, 0.15) is 0 Å². The lowest BCUT2D eigenvalue weighted by atomic mass is 9.86. The van der Waals surface area contributed by atoms with E-state index in [9.17, 15) is 0 Å². The summed E-state index contributed by atoms with van der Waals surface area (Å²) < 4.78 is 5.34. The van der Waals surface area contributed by atoms with Crippen LogP contribution in [0.2, 0.25) is 0 Å². The van der Waals surface area contributed by atoms with Gasteiger partial charge in [-0.2, -0.15) is 0 Å². The van der Waals surface area contributed by atoms with Crippen molar-refractivity contribution in [3.8, 4) is 66.8 Å². The summed E-state index contributed by atoms with van der Waals surface area (Å²) in [5.41, 5.74) is 14.8. The molecule has 17 rings (SSSR count). The molecule has 0 aliphatic rings. The molecule has 0 atom stereocenters. The van der Waals surface area contributed by atoms with Gasteiger partial charge in [-0.1, -0.05) is 200 Å². The quantitative estimate of drug-likeness (QED) is 0.146. The second-order valence-corrected chi connectivity index (χ2v) is 22.8. The van der Waals surface area contributed by atoms with Gasteiger partial charge in [-0.3, -0.25) is 0 Å². The average Bonchev–Trinajstić information content (AvgIpc) is 4.14. The molecule has 0 amide bonds. The maximum Gasteiger partial charge on any atom is 0.0355 e. The van der Waals surface area contributed by atoms with Gasteiger partial charge in [0.15, 0.2) is 0 Å². The van der Waals surface area contributed by atoms with E-state index >= 15 is 0 Å². The second kappa shape index (κ2) is 16.2. The summed E-state index contributed by atoms with van der Waals surface area (Å²) in [6, 6.07) is 96.2. The number of hydrogen-bond donors (Lipinski definition) is 0. The molecule has 350 valence electrons. The van der Waals surface area contributed by atoms with Crippen molar-refractivity contribution in [2.45, 2.75) is 0 Å². The third kappa shape index (κ3) is 6.29. The topological polar surface area (TPSA) is 0 Å². The summed E-state index contributed by atoms with van der Waals surface area (Å²) in [6.45, 7) is 0. The fourth-order valence-electron chi connectivity index (χ4n) is 13.0. The molecule has 0 bridgehead atoms. The minimum atomic E-state index is 1.20. The van der Waals surface area contributed by atoms with Crippen LogP contribution in [0.3, 0.4) is 0 Å². The SMILES string of the molecule is c1cc(-c2cccc(-c3ccc4ccc5c(-c6ccc7sc8ccccc8c7c6)ccc6ccc3c4c65)c2)cc(-c2cccc(-c3ccc4ccc5c(-c6ccc7sc8ccccc8c7c6)ccc6ccc3c4c65)c2)c1. The van der Waals surface area contributed by atoms with Crippen LogP contribution in [0.15, 0.2) is 255 Å². The number of rotatable bonds is 6. The van der Waals surface area contributed by atoms with Gasteiger partial charge in [-0.25, -0.2) is 0 Å². The van der Waals surface area contributed by atoms with Crippen molar-refractivity contribution in [2.75, 3.05) is 0 Å². The maximum absolute atomic E-state index is 2.40. The Bertz CT molecular complexity index is 4910. The van der Waals surface area contributed by atoms with Crippen LogP contribution in [0.1, 0.15) is 0 Å². The molecule has 15 aromatic carbocycles. The summed E-state index contributed by atoms with van der Waals surface area (Å²) in [6.07, 6.45) is 0. The van der Waals surface area contributed by atoms with E-state index in [1.165, 1.54) is 172 Å². The molecule has 2 heteroatoms. The summed E-state index contributed by atoms with van der Waals surface area (Å²) in [4.78, 5) is 0. The molecule has 0 saturated carbocycles. The molecule has 0 unspecified atom stereocenters. The highest BCUT2D eigenvalue weighted by Crippen LogP contribution is 2.47. The molecule has 2 aromatic heterocycles. The van der Waals surface area contributed by atoms with Crippen LogP contribution in [0, 0.1) is 0 Å². The Labute approximate surface area is 446 Å². The summed E-state index contributed by atoms with van der Waals surface area (Å²) >= 11 is 3.75. The van der Waals surface area contributed by atoms with E-state index in [1.54, 1.807) is 0 Å². The Morgan fingerprint density at radius 3 is 0.829 bits per heavy atom. The average molecular weight is 995 g/mol. The highest BCUT2D eigenvalue weighted by Gasteiger charge is 2.19. The fourth-order valence-corrected chi connectivity index (χ4v) is 15.2. The van der Waals surface area contributed by atoms with Crippen LogP contribution < -0.4 is 0 Å². The van der Waals surface area contributed by atoms with Crippen molar-refractivity contribution < 1.29 is 0 Å². The summed E-state index contributed by atoms with van der Waals surface area (Å²) in [5, 5.41) is 20.9. The number of benzene rings is 15. The van der Waals surface area contributed by atoms with E-state index < -0.39 is 0 Å². The van der Waals surface area contributed by atoms with Gasteiger partial charge in [-0.15, -0.1) is 22.7 Å². The molecule has 0 aliphatic heterocycles. The standard InChI is InChI=1S/C74H42S2/c1-3-16-67-59(14-1)65-41-53(26-36-69(65)75-67)57-30-20-45-22-32-61-55(28-18-43-24-34-63(57)73(45)71(43)61)51-12-6-10-49(39-51)47-8-5-9-48(38-47)50-11-7-13-52(40-50)56-29-19-44-25-35-64-58(31-21-46-23-33-62(56)72(44)74(46)64)54-27-37-70-66(42-54)60-15-2-4-17-68(60)76-70/h1-42H. The zero-order valence-electron chi connectivity index (χ0n) is 41.1. The van der Waals surface area contributed by atoms with Crippen molar-refractivity contribution in [2.24, 2.45) is 0 Å². The van der Waals surface area contributed by atoms with Crippen molar-refractivity contribution >= 4 is 128 Å². The van der Waals surface area contributed by atoms with Gasteiger partial charge in [0.2, 0.25) is 0 Å². The van der Waals surface area contributed by atoms with E-state index in [4.69, 9.17) is 0 Å². The number of thiophene rings is 2. The van der Waals surface area contributed by atoms with Gasteiger partial charge < -0.3 is 0 Å². The lowest BCUT2D eigenvalue weighted by molar-refractivity contribution is 1.58. The third-order valence-corrected chi connectivity index (χ3v) is 18.9. The molecule has 0 nitrogen and oxygen atoms in total. The Morgan fingerprint density at radius 2 is 0.461 bits per heavy atom. The van der Waals surface area contributed by atoms with Gasteiger partial charge >= 0.3 is 0 Å². The van der Waals surface area contributed by atoms with E-state index in [2.05, 4.69) is 255 Å². The lowest BCUT2D eigenvalue weighted by Crippen LogP contribution is -1.90. The molecule has 0 spiro atoms. The Kier molecular flexibility index (Phi) is 8.97. The maximum atomic E-state index is 2.40. The highest BCUT2D eigenvalue weighted by atomic mass is 32.1. The van der Waals surface area contributed by atoms with E-state index in [1.807, 2.05) is 22.7 Å². The predicted molar refractivity (Wildman–Crippen MR) is 332 cm³/mol. The van der Waals surface area contributed by atoms with Crippen LogP contribution in [-0.4, -0.2) is 0 Å². The first-order valence-corrected chi connectivity index (χ1v) is 27.8. The first-order chi connectivity index (χ1) is 37.6. The minimum absolute atomic E-state index is 1.20. The molecule has 17 aromatic rings. The summed E-state index contributed by atoms with van der Waals surface area (Å²) in [5.74, 6) is 0. The number of hydrogen-bond acceptors (Lipinski definition) is 2. The first kappa shape index (κ1) is 42.2. The van der Waals surface area contributed by atoms with Crippen LogP contribution in [0.4, 0.5) is 0 Å². The third-order valence-electron chi connectivity index (χ3n) is 16.6. The van der Waals surface area contributed by atoms with E-state index in [0.29, 0.717) is 0 Å². The Morgan fingerprint density at radius 1 is 0.171 bits per heavy atom. The largest absolute Gasteiger partial charge is 0.135 e. The molecular weight excluding hydrogens is 953 g/mol. The molecule has 0 N–H and O–H groups in total. The molecular formula is C74H42S2. The molecule has 76 heavy (non-hydrogen) atoms. The van der Waals surface area contributed by atoms with Gasteiger partial charge in [0, 0.05) is 40.3 Å². The first-order valence-electron chi connectivity index (χ1n) is 26.2. The zero-order valence-corrected chi connectivity index (χ0v) is 42.7. The predicted octanol–water partition coefficient (Wildman–Crippen LogP) is 22.2. The normalized spacial score (nSPS) is 12.2. The molecule has 0 radical (unpaired) electrons. The van der Waals surface area contributed by atoms with Crippen molar-refractivity contribution in [3.05, 3.63) is 255 Å². The highest BCUT2D eigenvalue weighted by molar-refractivity contribution is 7.26. The van der Waals surface area contributed by atoms with Crippen molar-refractivity contribution in [1.82, 2.24) is 0 Å². The second-order valence-electron chi connectivity index (χ2n) is 20.7. The molecule has 0 fully saturated rings. The summed E-state index contributed by atoms with van der Waals surface area (Å²) in [7, 11) is 0. The zero-order chi connectivity index (χ0) is 49.6. The Hall–Kier alpha value is -9.18. The fraction of sp³-hybridized carbons (Fsp3) is 0. The van der Waals surface area contributed by atoms with Crippen LogP contribution in [-0.2, 0) is 0 Å². The smallest absolute Gasteiger partial charge is 0.0355 e. The van der Waals surface area contributed by atoms with Crippen LogP contribution in [0.5, 0.6) is 0 Å². The van der Waals surface area contributed by atoms with E-state index in [-0.39, 0.29) is 0 Å². The lowest BCUT2D eigenvalue weighted by Gasteiger charge is -2.17. The molecule has 2 heterocycles. The number of fused-ring (bicyclic) bond motifs is 6. The molecule has 0 saturated heterocycles. The van der Waals surface area contributed by atoms with Gasteiger partial charge in [0.25, 0.3) is 0 Å². The van der Waals surface area contributed by atoms with Crippen LogP contribution >= 0.6 is 22.7 Å². The van der Waals surface area contributed by atoms with Crippen molar-refractivity contribution in [1.29, 1.82) is 0 Å². The van der Waals surface area contributed by atoms with Gasteiger partial charge in [0.05, 0.1) is 0 Å². The van der Waals surface area contributed by atoms with Crippen molar-refractivity contribution in [3.63, 3.8) is 0 Å². The van der Waals surface area contributed by atoms with E-state index in [0.717, 1.165) is 0 Å². The Balaban J connectivity index is 0.728. The van der Waals surface area contributed by atoms with Crippen LogP contribution in [0.25, 0.3) is 172 Å². The molecule has 0 aliphatic carbocycles. The monoisotopic (exact) mass is 994 g/mol.